The first-order valence-corrected chi connectivity index (χ1v) is 8.48. The molecule has 1 heterocycles. The van der Waals surface area contributed by atoms with Crippen LogP contribution in [0.5, 0.6) is 5.75 Å². The SMILES string of the molecule is CC(C)(c1ccccc1)c1ccc(OCC(O)Cn2ccnc2)cc1. The average molecular weight is 336 g/mol. The normalized spacial score (nSPS) is 12.8. The van der Waals surface area contributed by atoms with Crippen LogP contribution in [0.4, 0.5) is 0 Å². The van der Waals surface area contributed by atoms with Crippen molar-refractivity contribution in [2.24, 2.45) is 0 Å². The molecule has 0 aliphatic rings. The number of nitrogens with zero attached hydrogens (tertiary/aromatic N) is 2. The number of imidazole rings is 1. The summed E-state index contributed by atoms with van der Waals surface area (Å²) < 4.78 is 7.54. The van der Waals surface area contributed by atoms with Gasteiger partial charge in [-0.1, -0.05) is 56.3 Å². The molecule has 2 aromatic carbocycles. The third-order valence-corrected chi connectivity index (χ3v) is 4.49. The predicted molar refractivity (Wildman–Crippen MR) is 98.7 cm³/mol. The van der Waals surface area contributed by atoms with Crippen LogP contribution < -0.4 is 4.74 Å². The molecule has 130 valence electrons. The Labute approximate surface area is 148 Å². The number of hydrogen-bond donors (Lipinski definition) is 1. The highest BCUT2D eigenvalue weighted by Crippen LogP contribution is 2.32. The van der Waals surface area contributed by atoms with E-state index in [0.29, 0.717) is 6.54 Å². The monoisotopic (exact) mass is 336 g/mol. The predicted octanol–water partition coefficient (Wildman–Crippen LogP) is 3.65. The Morgan fingerprint density at radius 2 is 1.72 bits per heavy atom. The van der Waals surface area contributed by atoms with Gasteiger partial charge in [-0.25, -0.2) is 4.98 Å². The van der Waals surface area contributed by atoms with Gasteiger partial charge in [-0.05, 0) is 23.3 Å². The van der Waals surface area contributed by atoms with Gasteiger partial charge < -0.3 is 14.4 Å². The summed E-state index contributed by atoms with van der Waals surface area (Å²) in [4.78, 5) is 3.96. The van der Waals surface area contributed by atoms with Gasteiger partial charge in [0.05, 0.1) is 12.9 Å². The molecular formula is C21H24N2O2. The molecule has 0 aliphatic heterocycles. The number of ether oxygens (including phenoxy) is 1. The highest BCUT2D eigenvalue weighted by atomic mass is 16.5. The molecule has 0 saturated carbocycles. The van der Waals surface area contributed by atoms with Crippen LogP contribution in [0.2, 0.25) is 0 Å². The van der Waals surface area contributed by atoms with Crippen molar-refractivity contribution in [3.8, 4) is 5.75 Å². The minimum atomic E-state index is -0.574. The standard InChI is InChI=1S/C21H24N2O2/c1-21(2,17-6-4-3-5-7-17)18-8-10-20(11-9-18)25-15-19(24)14-23-13-12-22-16-23/h3-13,16,19,24H,14-15H2,1-2H3. The van der Waals surface area contributed by atoms with Gasteiger partial charge in [0.15, 0.2) is 0 Å². The van der Waals surface area contributed by atoms with Crippen LogP contribution in [0.1, 0.15) is 25.0 Å². The highest BCUT2D eigenvalue weighted by molar-refractivity contribution is 5.39. The molecule has 4 nitrogen and oxygen atoms in total. The molecule has 1 unspecified atom stereocenters. The van der Waals surface area contributed by atoms with E-state index in [4.69, 9.17) is 4.74 Å². The minimum Gasteiger partial charge on any atom is -0.491 e. The molecule has 0 aliphatic carbocycles. The van der Waals surface area contributed by atoms with E-state index < -0.39 is 6.10 Å². The van der Waals surface area contributed by atoms with Crippen molar-refractivity contribution in [3.63, 3.8) is 0 Å². The molecule has 25 heavy (non-hydrogen) atoms. The Kier molecular flexibility index (Phi) is 5.19. The van der Waals surface area contributed by atoms with Crippen LogP contribution in [-0.2, 0) is 12.0 Å². The maximum Gasteiger partial charge on any atom is 0.119 e. The second-order valence-corrected chi connectivity index (χ2v) is 6.74. The van der Waals surface area contributed by atoms with Crippen molar-refractivity contribution in [2.45, 2.75) is 31.9 Å². The summed E-state index contributed by atoms with van der Waals surface area (Å²) >= 11 is 0. The molecule has 0 fully saturated rings. The Morgan fingerprint density at radius 3 is 2.36 bits per heavy atom. The number of aliphatic hydroxyl groups excluding tert-OH is 1. The fraction of sp³-hybridized carbons (Fsp3) is 0.286. The largest absolute Gasteiger partial charge is 0.491 e. The zero-order valence-corrected chi connectivity index (χ0v) is 14.7. The first-order valence-electron chi connectivity index (χ1n) is 8.48. The highest BCUT2D eigenvalue weighted by Gasteiger charge is 2.22. The second-order valence-electron chi connectivity index (χ2n) is 6.74. The van der Waals surface area contributed by atoms with Gasteiger partial charge >= 0.3 is 0 Å². The zero-order chi connectivity index (χ0) is 17.7. The molecule has 0 saturated heterocycles. The lowest BCUT2D eigenvalue weighted by Crippen LogP contribution is -2.23. The van der Waals surface area contributed by atoms with E-state index in [-0.39, 0.29) is 12.0 Å². The zero-order valence-electron chi connectivity index (χ0n) is 14.7. The summed E-state index contributed by atoms with van der Waals surface area (Å²) in [7, 11) is 0. The lowest BCUT2D eigenvalue weighted by molar-refractivity contribution is 0.0924. The Hall–Kier alpha value is -2.59. The van der Waals surface area contributed by atoms with E-state index >= 15 is 0 Å². The average Bonchev–Trinajstić information content (AvgIpc) is 3.14. The quantitative estimate of drug-likeness (QED) is 0.716. The molecule has 0 amide bonds. The lowest BCUT2D eigenvalue weighted by atomic mass is 9.78. The summed E-state index contributed by atoms with van der Waals surface area (Å²) in [6, 6.07) is 18.6. The van der Waals surface area contributed by atoms with Gasteiger partial charge in [0, 0.05) is 17.8 Å². The van der Waals surface area contributed by atoms with Crippen LogP contribution in [0.25, 0.3) is 0 Å². The van der Waals surface area contributed by atoms with Crippen LogP contribution in [0.15, 0.2) is 73.3 Å². The molecular weight excluding hydrogens is 312 g/mol. The van der Waals surface area contributed by atoms with Crippen LogP contribution in [-0.4, -0.2) is 27.4 Å². The summed E-state index contributed by atoms with van der Waals surface area (Å²) in [6.07, 6.45) is 4.63. The maximum atomic E-state index is 10.0. The molecule has 3 aromatic rings. The number of aromatic nitrogens is 2. The minimum absolute atomic E-state index is 0.0687. The van der Waals surface area contributed by atoms with Gasteiger partial charge in [0.25, 0.3) is 0 Å². The van der Waals surface area contributed by atoms with Crippen LogP contribution in [0, 0.1) is 0 Å². The van der Waals surface area contributed by atoms with Crippen molar-refractivity contribution in [2.75, 3.05) is 6.61 Å². The molecule has 0 spiro atoms. The van der Waals surface area contributed by atoms with Crippen molar-refractivity contribution in [3.05, 3.63) is 84.4 Å². The second kappa shape index (κ2) is 7.53. The Morgan fingerprint density at radius 1 is 1.04 bits per heavy atom. The third-order valence-electron chi connectivity index (χ3n) is 4.49. The van der Waals surface area contributed by atoms with Crippen LogP contribution >= 0.6 is 0 Å². The number of hydrogen-bond acceptors (Lipinski definition) is 3. The Balaban J connectivity index is 1.60. The van der Waals surface area contributed by atoms with E-state index in [0.717, 1.165) is 5.75 Å². The summed E-state index contributed by atoms with van der Waals surface area (Å²) in [6.45, 7) is 5.15. The van der Waals surface area contributed by atoms with Crippen molar-refractivity contribution < 1.29 is 9.84 Å². The van der Waals surface area contributed by atoms with Crippen molar-refractivity contribution >= 4 is 0 Å². The molecule has 0 radical (unpaired) electrons. The number of rotatable bonds is 7. The van der Waals surface area contributed by atoms with Crippen molar-refractivity contribution in [1.82, 2.24) is 9.55 Å². The van der Waals surface area contributed by atoms with Gasteiger partial charge in [-0.2, -0.15) is 0 Å². The Bertz CT molecular complexity index is 765. The summed E-state index contributed by atoms with van der Waals surface area (Å²) in [5, 5.41) is 10.0. The van der Waals surface area contributed by atoms with E-state index in [1.807, 2.05) is 29.0 Å². The van der Waals surface area contributed by atoms with E-state index in [1.54, 1.807) is 12.5 Å². The molecule has 1 atom stereocenters. The van der Waals surface area contributed by atoms with Crippen molar-refractivity contribution in [1.29, 1.82) is 0 Å². The molecule has 1 N–H and O–H groups in total. The van der Waals surface area contributed by atoms with Gasteiger partial charge in [-0.3, -0.25) is 0 Å². The first-order chi connectivity index (χ1) is 12.1. The fourth-order valence-corrected chi connectivity index (χ4v) is 2.87. The van der Waals surface area contributed by atoms with Gasteiger partial charge in [0.2, 0.25) is 0 Å². The number of benzene rings is 2. The van der Waals surface area contributed by atoms with Crippen LogP contribution in [0.3, 0.4) is 0 Å². The smallest absolute Gasteiger partial charge is 0.119 e. The molecule has 4 heteroatoms. The molecule has 3 rings (SSSR count). The first kappa shape index (κ1) is 17.2. The van der Waals surface area contributed by atoms with E-state index in [1.165, 1.54) is 11.1 Å². The molecule has 0 bridgehead atoms. The fourth-order valence-electron chi connectivity index (χ4n) is 2.87. The molecule has 1 aromatic heterocycles. The summed E-state index contributed by atoms with van der Waals surface area (Å²) in [5.74, 6) is 0.761. The third kappa shape index (κ3) is 4.28. The lowest BCUT2D eigenvalue weighted by Gasteiger charge is -2.26. The van der Waals surface area contributed by atoms with E-state index in [2.05, 4.69) is 55.2 Å². The van der Waals surface area contributed by atoms with Gasteiger partial charge in [0.1, 0.15) is 18.5 Å². The topological polar surface area (TPSA) is 47.3 Å². The maximum absolute atomic E-state index is 10.0. The van der Waals surface area contributed by atoms with E-state index in [9.17, 15) is 5.11 Å². The van der Waals surface area contributed by atoms with Gasteiger partial charge in [-0.15, -0.1) is 0 Å². The summed E-state index contributed by atoms with van der Waals surface area (Å²) in [5.41, 5.74) is 2.44. The number of aliphatic hydroxyl groups is 1.